The second-order valence-electron chi connectivity index (χ2n) is 9.01. The molecular formula is C30H35BrN2O3S. The Balaban J connectivity index is 1.82. The monoisotopic (exact) mass is 582 g/mol. The van der Waals surface area contributed by atoms with E-state index in [9.17, 15) is 9.59 Å². The third-order valence-corrected chi connectivity index (χ3v) is 7.71. The van der Waals surface area contributed by atoms with Crippen molar-refractivity contribution in [2.24, 2.45) is 0 Å². The van der Waals surface area contributed by atoms with E-state index in [-0.39, 0.29) is 23.6 Å². The van der Waals surface area contributed by atoms with E-state index < -0.39 is 6.04 Å². The van der Waals surface area contributed by atoms with Crippen molar-refractivity contribution in [2.45, 2.75) is 51.1 Å². The zero-order valence-electron chi connectivity index (χ0n) is 21.7. The number of ether oxygens (including phenoxy) is 1. The number of rotatable bonds is 13. The lowest BCUT2D eigenvalue weighted by molar-refractivity contribution is -0.139. The fourth-order valence-electron chi connectivity index (χ4n) is 3.84. The molecule has 0 heterocycles. The highest BCUT2D eigenvalue weighted by atomic mass is 79.9. The molecule has 0 fully saturated rings. The number of nitrogens with one attached hydrogen (secondary N) is 1. The highest BCUT2D eigenvalue weighted by molar-refractivity contribution is 9.10. The maximum Gasteiger partial charge on any atom is 0.243 e. The van der Waals surface area contributed by atoms with Crippen molar-refractivity contribution in [3.63, 3.8) is 0 Å². The molecule has 0 aliphatic heterocycles. The number of halogens is 1. The SMILES string of the molecule is CC[C@H](C)NC(=O)[C@@H](Cc1ccccc1)N(Cc1ccc(Br)cc1)C(=O)CSCc1ccc(OC)cc1. The highest BCUT2D eigenvalue weighted by Gasteiger charge is 2.30. The molecule has 3 aromatic carbocycles. The first kappa shape index (κ1) is 28.8. The molecule has 0 aromatic heterocycles. The molecule has 0 spiro atoms. The summed E-state index contributed by atoms with van der Waals surface area (Å²) < 4.78 is 6.20. The van der Waals surface area contributed by atoms with Crippen LogP contribution in [-0.2, 0) is 28.3 Å². The smallest absolute Gasteiger partial charge is 0.243 e. The van der Waals surface area contributed by atoms with Gasteiger partial charge in [0.1, 0.15) is 11.8 Å². The molecule has 0 bridgehead atoms. The lowest BCUT2D eigenvalue weighted by atomic mass is 10.0. The number of amides is 2. The van der Waals surface area contributed by atoms with Gasteiger partial charge in [-0.1, -0.05) is 77.5 Å². The van der Waals surface area contributed by atoms with Crippen LogP contribution >= 0.6 is 27.7 Å². The summed E-state index contributed by atoms with van der Waals surface area (Å²) in [6, 6.07) is 25.1. The fourth-order valence-corrected chi connectivity index (χ4v) is 4.98. The third kappa shape index (κ3) is 9.24. The molecular weight excluding hydrogens is 548 g/mol. The van der Waals surface area contributed by atoms with Gasteiger partial charge in [-0.3, -0.25) is 9.59 Å². The van der Waals surface area contributed by atoms with Crippen LogP contribution in [0.4, 0.5) is 0 Å². The normalized spacial score (nSPS) is 12.4. The Kier molecular flexibility index (Phi) is 11.5. The fraction of sp³-hybridized carbons (Fsp3) is 0.333. The molecule has 0 aliphatic carbocycles. The zero-order chi connectivity index (χ0) is 26.6. The van der Waals surface area contributed by atoms with Gasteiger partial charge in [0.15, 0.2) is 0 Å². The average Bonchev–Trinajstić information content (AvgIpc) is 2.92. The lowest BCUT2D eigenvalue weighted by Crippen LogP contribution is -2.52. The van der Waals surface area contributed by atoms with Crippen LogP contribution < -0.4 is 10.1 Å². The van der Waals surface area contributed by atoms with Crippen LogP contribution in [0, 0.1) is 0 Å². The van der Waals surface area contributed by atoms with Crippen LogP contribution in [0.15, 0.2) is 83.3 Å². The molecule has 0 aliphatic rings. The topological polar surface area (TPSA) is 58.6 Å². The van der Waals surface area contributed by atoms with Gasteiger partial charge in [-0.2, -0.15) is 0 Å². The van der Waals surface area contributed by atoms with Crippen LogP contribution in [-0.4, -0.2) is 41.7 Å². The molecule has 2 atom stereocenters. The first-order valence-electron chi connectivity index (χ1n) is 12.5. The number of hydrogen-bond donors (Lipinski definition) is 1. The summed E-state index contributed by atoms with van der Waals surface area (Å²) in [5, 5.41) is 3.11. The number of hydrogen-bond acceptors (Lipinski definition) is 4. The summed E-state index contributed by atoms with van der Waals surface area (Å²) in [6.45, 7) is 4.39. The molecule has 196 valence electrons. The molecule has 0 radical (unpaired) electrons. The number of thioether (sulfide) groups is 1. The first-order valence-corrected chi connectivity index (χ1v) is 14.4. The van der Waals surface area contributed by atoms with Crippen molar-refractivity contribution in [3.05, 3.63) is 100 Å². The Morgan fingerprint density at radius 2 is 1.59 bits per heavy atom. The van der Waals surface area contributed by atoms with Crippen molar-refractivity contribution < 1.29 is 14.3 Å². The Bertz CT molecular complexity index is 1120. The molecule has 5 nitrogen and oxygen atoms in total. The number of methoxy groups -OCH3 is 1. The summed E-state index contributed by atoms with van der Waals surface area (Å²) in [7, 11) is 1.64. The van der Waals surface area contributed by atoms with E-state index >= 15 is 0 Å². The van der Waals surface area contributed by atoms with Gasteiger partial charge in [-0.25, -0.2) is 0 Å². The molecule has 2 amide bonds. The largest absolute Gasteiger partial charge is 0.497 e. The van der Waals surface area contributed by atoms with Crippen molar-refractivity contribution in [1.29, 1.82) is 0 Å². The average molecular weight is 584 g/mol. The predicted molar refractivity (Wildman–Crippen MR) is 156 cm³/mol. The Morgan fingerprint density at radius 3 is 2.22 bits per heavy atom. The van der Waals surface area contributed by atoms with E-state index in [0.717, 1.165) is 33.3 Å². The van der Waals surface area contributed by atoms with Crippen molar-refractivity contribution >= 4 is 39.5 Å². The van der Waals surface area contributed by atoms with Gasteiger partial charge in [-0.15, -0.1) is 11.8 Å². The number of carbonyl (C=O) groups excluding carboxylic acids is 2. The number of nitrogens with zero attached hydrogens (tertiary/aromatic N) is 1. The number of carbonyl (C=O) groups is 2. The second kappa shape index (κ2) is 14.8. The van der Waals surface area contributed by atoms with Crippen LogP contribution in [0.25, 0.3) is 0 Å². The van der Waals surface area contributed by atoms with E-state index in [1.807, 2.05) is 92.7 Å². The van der Waals surface area contributed by atoms with Gasteiger partial charge in [-0.05, 0) is 54.3 Å². The van der Waals surface area contributed by atoms with E-state index in [2.05, 4.69) is 21.2 Å². The van der Waals surface area contributed by atoms with E-state index in [4.69, 9.17) is 4.74 Å². The van der Waals surface area contributed by atoms with Crippen molar-refractivity contribution in [3.8, 4) is 5.75 Å². The molecule has 0 unspecified atom stereocenters. The maximum absolute atomic E-state index is 13.7. The zero-order valence-corrected chi connectivity index (χ0v) is 24.1. The summed E-state index contributed by atoms with van der Waals surface area (Å²) in [4.78, 5) is 29.0. The molecule has 0 saturated heterocycles. The van der Waals surface area contributed by atoms with E-state index in [0.29, 0.717) is 18.7 Å². The quantitative estimate of drug-likeness (QED) is 0.259. The molecule has 37 heavy (non-hydrogen) atoms. The lowest BCUT2D eigenvalue weighted by Gasteiger charge is -2.32. The van der Waals surface area contributed by atoms with Crippen LogP contribution in [0.3, 0.4) is 0 Å². The van der Waals surface area contributed by atoms with Gasteiger partial charge in [0.25, 0.3) is 0 Å². The molecule has 0 saturated carbocycles. The highest BCUT2D eigenvalue weighted by Crippen LogP contribution is 2.21. The van der Waals surface area contributed by atoms with E-state index in [1.54, 1.807) is 23.8 Å². The Labute approximate surface area is 233 Å². The Hall–Kier alpha value is -2.77. The van der Waals surface area contributed by atoms with Gasteiger partial charge in [0, 0.05) is 29.2 Å². The minimum absolute atomic E-state index is 0.0276. The maximum atomic E-state index is 13.7. The van der Waals surface area contributed by atoms with Crippen LogP contribution in [0.5, 0.6) is 5.75 Å². The van der Waals surface area contributed by atoms with Gasteiger partial charge >= 0.3 is 0 Å². The van der Waals surface area contributed by atoms with Crippen LogP contribution in [0.1, 0.15) is 37.0 Å². The predicted octanol–water partition coefficient (Wildman–Crippen LogP) is 6.25. The van der Waals surface area contributed by atoms with E-state index in [1.165, 1.54) is 0 Å². The summed E-state index contributed by atoms with van der Waals surface area (Å²) in [6.07, 6.45) is 1.27. The first-order chi connectivity index (χ1) is 17.9. The van der Waals surface area contributed by atoms with Crippen molar-refractivity contribution in [1.82, 2.24) is 10.2 Å². The molecule has 1 N–H and O–H groups in total. The summed E-state index contributed by atoms with van der Waals surface area (Å²) in [5.41, 5.74) is 3.12. The van der Waals surface area contributed by atoms with Crippen molar-refractivity contribution in [2.75, 3.05) is 12.9 Å². The summed E-state index contributed by atoms with van der Waals surface area (Å²) >= 11 is 5.03. The Morgan fingerprint density at radius 1 is 0.946 bits per heavy atom. The number of benzene rings is 3. The molecule has 7 heteroatoms. The molecule has 3 rings (SSSR count). The third-order valence-electron chi connectivity index (χ3n) is 6.19. The molecule has 3 aromatic rings. The standard InChI is InChI=1S/C30H35BrN2O3S/c1-4-22(2)32-30(35)28(18-23-8-6-5-7-9-23)33(19-24-10-14-26(31)15-11-24)29(34)21-37-20-25-12-16-27(36-3)17-13-25/h5-17,22,28H,4,18-21H2,1-3H3,(H,32,35)/t22-,28+/m0/s1. The van der Waals surface area contributed by atoms with Gasteiger partial charge in [0.2, 0.25) is 11.8 Å². The van der Waals surface area contributed by atoms with Gasteiger partial charge < -0.3 is 15.0 Å². The minimum atomic E-state index is -0.617. The second-order valence-corrected chi connectivity index (χ2v) is 10.9. The van der Waals surface area contributed by atoms with Gasteiger partial charge in [0.05, 0.1) is 12.9 Å². The summed E-state index contributed by atoms with van der Waals surface area (Å²) in [5.74, 6) is 1.61. The van der Waals surface area contributed by atoms with Crippen LogP contribution in [0.2, 0.25) is 0 Å². The minimum Gasteiger partial charge on any atom is -0.497 e.